The quantitative estimate of drug-likeness (QED) is 0.732. The fraction of sp³-hybridized carbons (Fsp3) is 0.647. The number of nitrogens with zero attached hydrogens (tertiary/aromatic N) is 1. The molecule has 1 aromatic heterocycles. The molecule has 5 nitrogen and oxygen atoms in total. The number of H-pyrrole nitrogens is 1. The molecule has 122 valence electrons. The number of hydrogen-bond acceptors (Lipinski definition) is 2. The van der Waals surface area contributed by atoms with Crippen molar-refractivity contribution in [1.29, 1.82) is 0 Å². The van der Waals surface area contributed by atoms with Gasteiger partial charge in [-0.1, -0.05) is 32.8 Å². The number of carbonyl (C=O) groups is 1. The highest BCUT2D eigenvalue weighted by Crippen LogP contribution is 2.28. The third-order valence-corrected chi connectivity index (χ3v) is 4.46. The van der Waals surface area contributed by atoms with E-state index in [1.807, 2.05) is 6.92 Å². The van der Waals surface area contributed by atoms with Crippen LogP contribution in [0.3, 0.4) is 0 Å². The van der Waals surface area contributed by atoms with Crippen molar-refractivity contribution < 1.29 is 4.79 Å². The highest BCUT2D eigenvalue weighted by molar-refractivity contribution is 5.92. The van der Waals surface area contributed by atoms with Crippen molar-refractivity contribution in [2.45, 2.75) is 64.8 Å². The SMILES string of the molecule is C=C(C)c1[nH]ncc1NC(=O)NC1CCC(CCCC)CC1. The second-order valence-electron chi connectivity index (χ2n) is 6.40. The van der Waals surface area contributed by atoms with E-state index in [1.54, 1.807) is 6.20 Å². The van der Waals surface area contributed by atoms with E-state index in [0.717, 1.165) is 30.0 Å². The summed E-state index contributed by atoms with van der Waals surface area (Å²) in [6, 6.07) is 0.138. The van der Waals surface area contributed by atoms with Crippen molar-refractivity contribution in [1.82, 2.24) is 15.5 Å². The number of carbonyl (C=O) groups excluding carboxylic acids is 1. The van der Waals surface area contributed by atoms with Gasteiger partial charge in [0.05, 0.1) is 17.6 Å². The summed E-state index contributed by atoms with van der Waals surface area (Å²) >= 11 is 0. The fourth-order valence-corrected chi connectivity index (χ4v) is 3.14. The molecular weight excluding hydrogens is 276 g/mol. The number of aromatic nitrogens is 2. The van der Waals surface area contributed by atoms with Gasteiger partial charge in [0.1, 0.15) is 0 Å². The average molecular weight is 304 g/mol. The Bertz CT molecular complexity index is 501. The molecule has 22 heavy (non-hydrogen) atoms. The first-order valence-corrected chi connectivity index (χ1v) is 8.37. The summed E-state index contributed by atoms with van der Waals surface area (Å²) in [7, 11) is 0. The summed E-state index contributed by atoms with van der Waals surface area (Å²) in [4.78, 5) is 12.1. The van der Waals surface area contributed by atoms with E-state index in [-0.39, 0.29) is 12.1 Å². The molecule has 1 heterocycles. The van der Waals surface area contributed by atoms with Crippen LogP contribution in [0.1, 0.15) is 64.5 Å². The minimum atomic E-state index is -0.152. The van der Waals surface area contributed by atoms with Gasteiger partial charge in [0, 0.05) is 6.04 Å². The number of rotatable bonds is 6. The van der Waals surface area contributed by atoms with Crippen molar-refractivity contribution in [2.75, 3.05) is 5.32 Å². The zero-order valence-electron chi connectivity index (χ0n) is 13.7. The van der Waals surface area contributed by atoms with Crippen LogP contribution in [0.15, 0.2) is 12.8 Å². The molecule has 2 rings (SSSR count). The van der Waals surface area contributed by atoms with E-state index in [0.29, 0.717) is 5.69 Å². The maximum atomic E-state index is 12.1. The molecule has 0 aromatic carbocycles. The first-order chi connectivity index (χ1) is 10.6. The number of urea groups is 1. The van der Waals surface area contributed by atoms with Gasteiger partial charge in [0.25, 0.3) is 0 Å². The Labute approximate surface area is 133 Å². The van der Waals surface area contributed by atoms with Crippen molar-refractivity contribution in [3.05, 3.63) is 18.5 Å². The summed E-state index contributed by atoms with van der Waals surface area (Å²) in [6.07, 6.45) is 10.2. The second-order valence-corrected chi connectivity index (χ2v) is 6.40. The summed E-state index contributed by atoms with van der Waals surface area (Å²) in [5.41, 5.74) is 2.31. The van der Waals surface area contributed by atoms with E-state index in [2.05, 4.69) is 34.3 Å². The van der Waals surface area contributed by atoms with E-state index in [1.165, 1.54) is 32.1 Å². The van der Waals surface area contributed by atoms with Crippen molar-refractivity contribution in [3.63, 3.8) is 0 Å². The van der Waals surface area contributed by atoms with Gasteiger partial charge in [-0.2, -0.15) is 5.10 Å². The van der Waals surface area contributed by atoms with Crippen molar-refractivity contribution in [3.8, 4) is 0 Å². The molecule has 1 aromatic rings. The normalized spacial score (nSPS) is 21.4. The topological polar surface area (TPSA) is 69.8 Å². The fourth-order valence-electron chi connectivity index (χ4n) is 3.14. The van der Waals surface area contributed by atoms with E-state index in [4.69, 9.17) is 0 Å². The molecule has 0 spiro atoms. The number of allylic oxidation sites excluding steroid dienone is 1. The molecule has 5 heteroatoms. The van der Waals surface area contributed by atoms with Gasteiger partial charge in [-0.05, 0) is 44.1 Å². The van der Waals surface area contributed by atoms with Gasteiger partial charge in [0.15, 0.2) is 0 Å². The van der Waals surface area contributed by atoms with Gasteiger partial charge in [-0.3, -0.25) is 5.10 Å². The van der Waals surface area contributed by atoms with Gasteiger partial charge in [-0.15, -0.1) is 0 Å². The molecule has 1 aliphatic carbocycles. The largest absolute Gasteiger partial charge is 0.335 e. The molecule has 1 fully saturated rings. The lowest BCUT2D eigenvalue weighted by Crippen LogP contribution is -2.40. The van der Waals surface area contributed by atoms with Crippen LogP contribution in [0.2, 0.25) is 0 Å². The van der Waals surface area contributed by atoms with Crippen LogP contribution in [-0.2, 0) is 0 Å². The predicted octanol–water partition coefficient (Wildman–Crippen LogP) is 4.31. The van der Waals surface area contributed by atoms with Gasteiger partial charge in [-0.25, -0.2) is 4.79 Å². The van der Waals surface area contributed by atoms with Crippen LogP contribution < -0.4 is 10.6 Å². The molecule has 0 unspecified atom stereocenters. The lowest BCUT2D eigenvalue weighted by atomic mass is 9.83. The zero-order valence-corrected chi connectivity index (χ0v) is 13.7. The number of nitrogens with one attached hydrogen (secondary N) is 3. The van der Waals surface area contributed by atoms with Crippen LogP contribution in [0.5, 0.6) is 0 Å². The summed E-state index contributed by atoms with van der Waals surface area (Å²) in [5, 5.41) is 12.7. The smallest absolute Gasteiger partial charge is 0.319 e. The van der Waals surface area contributed by atoms with E-state index < -0.39 is 0 Å². The van der Waals surface area contributed by atoms with Crippen LogP contribution in [0.4, 0.5) is 10.5 Å². The Hall–Kier alpha value is -1.78. The van der Waals surface area contributed by atoms with Crippen LogP contribution in [-0.4, -0.2) is 22.3 Å². The summed E-state index contributed by atoms with van der Waals surface area (Å²) in [6.45, 7) is 8.00. The maximum absolute atomic E-state index is 12.1. The lowest BCUT2D eigenvalue weighted by Gasteiger charge is -2.29. The second kappa shape index (κ2) is 8.01. The molecule has 0 radical (unpaired) electrons. The number of aromatic amines is 1. The number of hydrogen-bond donors (Lipinski definition) is 3. The number of unbranched alkanes of at least 4 members (excludes halogenated alkanes) is 1. The average Bonchev–Trinajstić information content (AvgIpc) is 2.94. The third-order valence-electron chi connectivity index (χ3n) is 4.46. The first-order valence-electron chi connectivity index (χ1n) is 8.37. The van der Waals surface area contributed by atoms with Gasteiger partial charge < -0.3 is 10.6 Å². The highest BCUT2D eigenvalue weighted by atomic mass is 16.2. The molecule has 0 bridgehead atoms. The Balaban J connectivity index is 1.76. The minimum absolute atomic E-state index is 0.152. The third kappa shape index (κ3) is 4.61. The monoisotopic (exact) mass is 304 g/mol. The lowest BCUT2D eigenvalue weighted by molar-refractivity contribution is 0.235. The Morgan fingerprint density at radius 2 is 2.14 bits per heavy atom. The first kappa shape index (κ1) is 16.6. The van der Waals surface area contributed by atoms with Gasteiger partial charge >= 0.3 is 6.03 Å². The molecule has 1 aliphatic rings. The van der Waals surface area contributed by atoms with E-state index >= 15 is 0 Å². The van der Waals surface area contributed by atoms with Crippen LogP contribution >= 0.6 is 0 Å². The van der Waals surface area contributed by atoms with Gasteiger partial charge in [0.2, 0.25) is 0 Å². The molecule has 0 aliphatic heterocycles. The number of anilines is 1. The Kier molecular flexibility index (Phi) is 6.04. The standard InChI is InChI=1S/C17H28N4O/c1-4-5-6-13-7-9-14(10-8-13)19-17(22)20-15-11-18-21-16(15)12(2)3/h11,13-14H,2,4-10H2,1,3H3,(H,18,21)(H2,19,20,22). The maximum Gasteiger partial charge on any atom is 0.319 e. The molecule has 3 N–H and O–H groups in total. The summed E-state index contributed by atoms with van der Waals surface area (Å²) in [5.74, 6) is 0.852. The zero-order chi connectivity index (χ0) is 15.9. The van der Waals surface area contributed by atoms with Crippen LogP contribution in [0.25, 0.3) is 5.57 Å². The molecule has 0 saturated heterocycles. The highest BCUT2D eigenvalue weighted by Gasteiger charge is 2.22. The van der Waals surface area contributed by atoms with Crippen molar-refractivity contribution in [2.24, 2.45) is 5.92 Å². The predicted molar refractivity (Wildman–Crippen MR) is 90.7 cm³/mol. The van der Waals surface area contributed by atoms with Crippen LogP contribution in [0, 0.1) is 5.92 Å². The molecule has 2 amide bonds. The summed E-state index contributed by atoms with van der Waals surface area (Å²) < 4.78 is 0. The van der Waals surface area contributed by atoms with Crippen molar-refractivity contribution >= 4 is 17.3 Å². The minimum Gasteiger partial charge on any atom is -0.335 e. The molecule has 0 atom stereocenters. The van der Waals surface area contributed by atoms with E-state index in [9.17, 15) is 4.79 Å². The Morgan fingerprint density at radius 1 is 1.41 bits per heavy atom. The molecular formula is C17H28N4O. The Morgan fingerprint density at radius 3 is 2.77 bits per heavy atom. The number of amides is 2. The molecule has 1 saturated carbocycles.